The van der Waals surface area contributed by atoms with Crippen LogP contribution in [0.4, 0.5) is 0 Å². The van der Waals surface area contributed by atoms with Crippen molar-refractivity contribution in [2.24, 2.45) is 5.92 Å². The van der Waals surface area contributed by atoms with Crippen LogP contribution >= 0.6 is 0 Å². The van der Waals surface area contributed by atoms with Crippen LogP contribution in [0.15, 0.2) is 24.5 Å². The zero-order chi connectivity index (χ0) is 10.8. The highest BCUT2D eigenvalue weighted by Gasteiger charge is 2.41. The molecule has 0 bridgehead atoms. The standard InChI is InChI=1S/C10H10N2O3/c13-9-8(10(14)15)7(5-12-9)6-2-1-3-11-4-6/h1-4,7-8H,5H2,(H,12,13)(H,14,15). The average molecular weight is 206 g/mol. The largest absolute Gasteiger partial charge is 0.481 e. The number of nitrogens with one attached hydrogen (secondary N) is 1. The van der Waals surface area contributed by atoms with Gasteiger partial charge in [0.05, 0.1) is 0 Å². The maximum atomic E-state index is 11.3. The first kappa shape index (κ1) is 9.64. The minimum absolute atomic E-state index is 0.316. The Morgan fingerprint density at radius 3 is 3.00 bits per heavy atom. The van der Waals surface area contributed by atoms with E-state index in [1.54, 1.807) is 24.5 Å². The van der Waals surface area contributed by atoms with Crippen LogP contribution in [-0.2, 0) is 9.59 Å². The lowest BCUT2D eigenvalue weighted by Crippen LogP contribution is -2.26. The van der Waals surface area contributed by atoms with Crippen molar-refractivity contribution >= 4 is 11.9 Å². The molecular weight excluding hydrogens is 196 g/mol. The lowest BCUT2D eigenvalue weighted by molar-refractivity contribution is -0.145. The molecule has 5 heteroatoms. The number of nitrogens with zero attached hydrogens (tertiary/aromatic N) is 1. The average Bonchev–Trinajstić information content (AvgIpc) is 2.61. The van der Waals surface area contributed by atoms with E-state index in [-0.39, 0.29) is 5.92 Å². The monoisotopic (exact) mass is 206 g/mol. The van der Waals surface area contributed by atoms with Crippen LogP contribution in [0.2, 0.25) is 0 Å². The van der Waals surface area contributed by atoms with Crippen molar-refractivity contribution in [3.63, 3.8) is 0 Å². The van der Waals surface area contributed by atoms with Crippen LogP contribution in [0.25, 0.3) is 0 Å². The van der Waals surface area contributed by atoms with Crippen LogP contribution in [0.5, 0.6) is 0 Å². The first-order chi connectivity index (χ1) is 7.20. The number of hydrogen-bond donors (Lipinski definition) is 2. The minimum Gasteiger partial charge on any atom is -0.481 e. The summed E-state index contributed by atoms with van der Waals surface area (Å²) in [6.45, 7) is 0.363. The maximum Gasteiger partial charge on any atom is 0.316 e. The summed E-state index contributed by atoms with van der Waals surface area (Å²) in [5.74, 6) is -2.81. The first-order valence-corrected chi connectivity index (χ1v) is 4.60. The van der Waals surface area contributed by atoms with Crippen molar-refractivity contribution in [3.05, 3.63) is 30.1 Å². The van der Waals surface area contributed by atoms with E-state index < -0.39 is 17.8 Å². The van der Waals surface area contributed by atoms with Gasteiger partial charge in [0.1, 0.15) is 5.92 Å². The molecule has 1 aliphatic heterocycles. The van der Waals surface area contributed by atoms with Gasteiger partial charge >= 0.3 is 5.97 Å². The summed E-state index contributed by atoms with van der Waals surface area (Å²) < 4.78 is 0. The van der Waals surface area contributed by atoms with Gasteiger partial charge in [-0.2, -0.15) is 0 Å². The highest BCUT2D eigenvalue weighted by Crippen LogP contribution is 2.28. The molecule has 2 atom stereocenters. The number of pyridine rings is 1. The molecule has 2 rings (SSSR count). The molecule has 0 saturated carbocycles. The zero-order valence-corrected chi connectivity index (χ0v) is 7.88. The fourth-order valence-corrected chi connectivity index (χ4v) is 1.81. The topological polar surface area (TPSA) is 79.3 Å². The molecule has 1 aliphatic rings. The van der Waals surface area contributed by atoms with Gasteiger partial charge in [-0.25, -0.2) is 0 Å². The molecule has 0 spiro atoms. The minimum atomic E-state index is -1.08. The predicted octanol–water partition coefficient (Wildman–Crippen LogP) is -0.00420. The highest BCUT2D eigenvalue weighted by molar-refractivity contribution is 5.99. The summed E-state index contributed by atoms with van der Waals surface area (Å²) in [5.41, 5.74) is 0.781. The van der Waals surface area contributed by atoms with Crippen LogP contribution < -0.4 is 5.32 Å². The Bertz CT molecular complexity index is 391. The molecule has 0 aromatic carbocycles. The van der Waals surface area contributed by atoms with Crippen LogP contribution in [-0.4, -0.2) is 28.5 Å². The van der Waals surface area contributed by atoms with E-state index in [1.807, 2.05) is 0 Å². The number of carbonyl (C=O) groups is 2. The fraction of sp³-hybridized carbons (Fsp3) is 0.300. The first-order valence-electron chi connectivity index (χ1n) is 4.60. The summed E-state index contributed by atoms with van der Waals surface area (Å²) in [4.78, 5) is 26.1. The summed E-state index contributed by atoms with van der Waals surface area (Å²) in [6, 6.07) is 3.52. The second-order valence-corrected chi connectivity index (χ2v) is 3.45. The number of hydrogen-bond acceptors (Lipinski definition) is 3. The molecule has 15 heavy (non-hydrogen) atoms. The highest BCUT2D eigenvalue weighted by atomic mass is 16.4. The molecule has 0 aliphatic carbocycles. The fourth-order valence-electron chi connectivity index (χ4n) is 1.81. The third kappa shape index (κ3) is 1.68. The molecule has 1 saturated heterocycles. The molecule has 1 fully saturated rings. The summed E-state index contributed by atoms with van der Waals surface area (Å²) >= 11 is 0. The quantitative estimate of drug-likeness (QED) is 0.667. The zero-order valence-electron chi connectivity index (χ0n) is 7.88. The third-order valence-electron chi connectivity index (χ3n) is 2.56. The molecule has 0 radical (unpaired) electrons. The second-order valence-electron chi connectivity index (χ2n) is 3.45. The molecule has 1 aromatic rings. The number of carboxylic acids is 1. The molecule has 5 nitrogen and oxygen atoms in total. The van der Waals surface area contributed by atoms with E-state index >= 15 is 0 Å². The molecular formula is C10H10N2O3. The van der Waals surface area contributed by atoms with E-state index in [0.29, 0.717) is 6.54 Å². The van der Waals surface area contributed by atoms with Crippen molar-refractivity contribution in [2.45, 2.75) is 5.92 Å². The Kier molecular flexibility index (Phi) is 2.37. The van der Waals surface area contributed by atoms with Crippen LogP contribution in [0.3, 0.4) is 0 Å². The SMILES string of the molecule is O=C(O)C1C(=O)NCC1c1cccnc1. The Balaban J connectivity index is 2.30. The maximum absolute atomic E-state index is 11.3. The molecule has 2 N–H and O–H groups in total. The van der Waals surface area contributed by atoms with Gasteiger partial charge in [-0.15, -0.1) is 0 Å². The Morgan fingerprint density at radius 1 is 1.60 bits per heavy atom. The molecule has 2 unspecified atom stereocenters. The predicted molar refractivity (Wildman–Crippen MR) is 51.1 cm³/mol. The smallest absolute Gasteiger partial charge is 0.316 e. The Hall–Kier alpha value is -1.91. The van der Waals surface area contributed by atoms with E-state index in [1.165, 1.54) is 0 Å². The number of aliphatic carboxylic acids is 1. The van der Waals surface area contributed by atoms with Crippen molar-refractivity contribution < 1.29 is 14.7 Å². The van der Waals surface area contributed by atoms with E-state index in [4.69, 9.17) is 5.11 Å². The second kappa shape index (κ2) is 3.68. The number of aromatic nitrogens is 1. The van der Waals surface area contributed by atoms with Gasteiger partial charge in [0.2, 0.25) is 5.91 Å². The van der Waals surface area contributed by atoms with Crippen molar-refractivity contribution in [3.8, 4) is 0 Å². The summed E-state index contributed by atoms with van der Waals surface area (Å²) in [6.07, 6.45) is 3.21. The van der Waals surface area contributed by atoms with Gasteiger partial charge in [-0.1, -0.05) is 6.07 Å². The van der Waals surface area contributed by atoms with Gasteiger partial charge in [0.25, 0.3) is 0 Å². The van der Waals surface area contributed by atoms with Gasteiger partial charge < -0.3 is 10.4 Å². The Labute approximate surface area is 86.1 Å². The molecule has 1 aromatic heterocycles. The van der Waals surface area contributed by atoms with Gasteiger partial charge in [0, 0.05) is 24.9 Å². The molecule has 2 heterocycles. The molecule has 1 amide bonds. The van der Waals surface area contributed by atoms with Crippen molar-refractivity contribution in [2.75, 3.05) is 6.54 Å². The number of amides is 1. The third-order valence-corrected chi connectivity index (χ3v) is 2.56. The van der Waals surface area contributed by atoms with Crippen molar-refractivity contribution in [1.29, 1.82) is 0 Å². The summed E-state index contributed by atoms with van der Waals surface area (Å²) in [5, 5.41) is 11.5. The normalized spacial score (nSPS) is 24.9. The molecule has 78 valence electrons. The number of rotatable bonds is 2. The lowest BCUT2D eigenvalue weighted by Gasteiger charge is -2.12. The van der Waals surface area contributed by atoms with Gasteiger partial charge in [0.15, 0.2) is 0 Å². The van der Waals surface area contributed by atoms with Gasteiger partial charge in [-0.05, 0) is 11.6 Å². The van der Waals surface area contributed by atoms with Crippen LogP contribution in [0, 0.1) is 5.92 Å². The van der Waals surface area contributed by atoms with E-state index in [2.05, 4.69) is 10.3 Å². The van der Waals surface area contributed by atoms with E-state index in [9.17, 15) is 9.59 Å². The van der Waals surface area contributed by atoms with E-state index in [0.717, 1.165) is 5.56 Å². The van der Waals surface area contributed by atoms with Crippen molar-refractivity contribution in [1.82, 2.24) is 10.3 Å². The van der Waals surface area contributed by atoms with Crippen LogP contribution in [0.1, 0.15) is 11.5 Å². The Morgan fingerprint density at radius 2 is 2.40 bits per heavy atom. The number of carbonyl (C=O) groups excluding carboxylic acids is 1. The number of carboxylic acid groups (broad SMARTS) is 1. The van der Waals surface area contributed by atoms with Gasteiger partial charge in [-0.3, -0.25) is 14.6 Å². The summed E-state index contributed by atoms with van der Waals surface area (Å²) in [7, 11) is 0. The lowest BCUT2D eigenvalue weighted by atomic mass is 9.90.